The Labute approximate surface area is 116 Å². The van der Waals surface area contributed by atoms with Crippen molar-refractivity contribution in [3.8, 4) is 0 Å². The third-order valence-corrected chi connectivity index (χ3v) is 2.42. The topological polar surface area (TPSA) is 78.4 Å². The van der Waals surface area contributed by atoms with Crippen LogP contribution in [0, 0.1) is 0 Å². The highest BCUT2D eigenvalue weighted by atomic mass is 35.5. The minimum Gasteiger partial charge on any atom is -0.480 e. The molecule has 0 aromatic heterocycles. The number of carbonyl (C=O) groups is 2. The van der Waals surface area contributed by atoms with E-state index in [0.29, 0.717) is 12.1 Å². The zero-order valence-corrected chi connectivity index (χ0v) is 10.8. The molecule has 20 heavy (non-hydrogen) atoms. The maximum absolute atomic E-state index is 12.5. The van der Waals surface area contributed by atoms with Crippen LogP contribution in [0.25, 0.3) is 0 Å². The van der Waals surface area contributed by atoms with Gasteiger partial charge in [-0.1, -0.05) is 11.6 Å². The largest absolute Gasteiger partial charge is 0.480 e. The highest BCUT2D eigenvalue weighted by Crippen LogP contribution is 2.33. The van der Waals surface area contributed by atoms with Crippen molar-refractivity contribution in [3.05, 3.63) is 28.8 Å². The van der Waals surface area contributed by atoms with Gasteiger partial charge in [-0.25, -0.2) is 4.79 Å². The van der Waals surface area contributed by atoms with Gasteiger partial charge in [-0.05, 0) is 25.1 Å². The molecule has 0 saturated carbocycles. The van der Waals surface area contributed by atoms with Crippen LogP contribution in [0.2, 0.25) is 5.02 Å². The van der Waals surface area contributed by atoms with Crippen molar-refractivity contribution in [2.45, 2.75) is 19.1 Å². The normalized spacial score (nSPS) is 12.7. The first-order chi connectivity index (χ1) is 9.09. The molecule has 3 N–H and O–H groups in total. The monoisotopic (exact) mass is 310 g/mol. The van der Waals surface area contributed by atoms with E-state index in [2.05, 4.69) is 5.32 Å². The zero-order valence-electron chi connectivity index (χ0n) is 10.1. The number of urea groups is 1. The number of hydrogen-bond acceptors (Lipinski definition) is 2. The van der Waals surface area contributed by atoms with Gasteiger partial charge in [0.15, 0.2) is 0 Å². The number of hydrogen-bond donors (Lipinski definition) is 3. The molecule has 0 unspecified atom stereocenters. The van der Waals surface area contributed by atoms with E-state index in [1.807, 2.05) is 5.32 Å². The Morgan fingerprint density at radius 2 is 1.90 bits per heavy atom. The quantitative estimate of drug-likeness (QED) is 0.803. The van der Waals surface area contributed by atoms with Gasteiger partial charge in [0.25, 0.3) is 0 Å². The van der Waals surface area contributed by atoms with Gasteiger partial charge in [0.1, 0.15) is 6.04 Å². The molecule has 0 heterocycles. The number of rotatable bonds is 3. The van der Waals surface area contributed by atoms with Crippen LogP contribution in [-0.2, 0) is 11.0 Å². The average Bonchev–Trinajstić information content (AvgIpc) is 2.26. The Kier molecular flexibility index (Phi) is 4.83. The van der Waals surface area contributed by atoms with Crippen LogP contribution >= 0.6 is 11.6 Å². The number of benzene rings is 1. The molecule has 0 saturated heterocycles. The second kappa shape index (κ2) is 6.00. The molecule has 5 nitrogen and oxygen atoms in total. The van der Waals surface area contributed by atoms with Crippen LogP contribution in [0.5, 0.6) is 0 Å². The van der Waals surface area contributed by atoms with Gasteiger partial charge >= 0.3 is 18.2 Å². The Hall–Kier alpha value is -1.96. The molecule has 0 fully saturated rings. The summed E-state index contributed by atoms with van der Waals surface area (Å²) in [6.07, 6.45) is -4.60. The number of aliphatic carboxylic acids is 1. The van der Waals surface area contributed by atoms with E-state index in [0.717, 1.165) is 6.07 Å². The van der Waals surface area contributed by atoms with Gasteiger partial charge in [-0.15, -0.1) is 0 Å². The minimum absolute atomic E-state index is 0.195. The predicted octanol–water partition coefficient (Wildman–Crippen LogP) is 2.95. The molecule has 110 valence electrons. The number of amides is 2. The fraction of sp³-hybridized carbons (Fsp3) is 0.273. The van der Waals surface area contributed by atoms with Gasteiger partial charge in [-0.2, -0.15) is 13.2 Å². The third-order valence-electron chi connectivity index (χ3n) is 2.20. The van der Waals surface area contributed by atoms with Crippen molar-refractivity contribution in [1.29, 1.82) is 0 Å². The molecule has 2 amide bonds. The molecule has 9 heteroatoms. The maximum Gasteiger partial charge on any atom is 0.416 e. The van der Waals surface area contributed by atoms with E-state index in [-0.39, 0.29) is 10.7 Å². The molecule has 1 rings (SSSR count). The van der Waals surface area contributed by atoms with E-state index < -0.39 is 29.8 Å². The summed E-state index contributed by atoms with van der Waals surface area (Å²) in [6.45, 7) is 1.21. The zero-order chi connectivity index (χ0) is 15.5. The SMILES string of the molecule is C[C@@H](NC(=O)Nc1cc(Cl)cc(C(F)(F)F)c1)C(=O)O. The van der Waals surface area contributed by atoms with Crippen molar-refractivity contribution in [1.82, 2.24) is 5.32 Å². The summed E-state index contributed by atoms with van der Waals surface area (Å²) >= 11 is 5.53. The summed E-state index contributed by atoms with van der Waals surface area (Å²) in [5.74, 6) is -1.28. The summed E-state index contributed by atoms with van der Waals surface area (Å²) in [5, 5.41) is 12.5. The third kappa shape index (κ3) is 4.61. The van der Waals surface area contributed by atoms with Crippen LogP contribution in [0.3, 0.4) is 0 Å². The minimum atomic E-state index is -4.60. The average molecular weight is 311 g/mol. The van der Waals surface area contributed by atoms with Crippen molar-refractivity contribution in [2.75, 3.05) is 5.32 Å². The van der Waals surface area contributed by atoms with Crippen molar-refractivity contribution in [2.24, 2.45) is 0 Å². The summed E-state index contributed by atoms with van der Waals surface area (Å²) in [4.78, 5) is 21.9. The highest BCUT2D eigenvalue weighted by Gasteiger charge is 2.31. The Bertz CT molecular complexity index is 534. The molecule has 0 spiro atoms. The first-order valence-electron chi connectivity index (χ1n) is 5.27. The van der Waals surface area contributed by atoms with Crippen LogP contribution in [0.1, 0.15) is 12.5 Å². The smallest absolute Gasteiger partial charge is 0.416 e. The number of halogens is 4. The molecule has 0 radical (unpaired) electrons. The molecule has 0 aliphatic heterocycles. The van der Waals surface area contributed by atoms with E-state index in [1.165, 1.54) is 6.92 Å². The number of anilines is 1. The van der Waals surface area contributed by atoms with E-state index in [4.69, 9.17) is 16.7 Å². The van der Waals surface area contributed by atoms with Gasteiger partial charge < -0.3 is 15.7 Å². The van der Waals surface area contributed by atoms with Gasteiger partial charge in [-0.3, -0.25) is 4.79 Å². The maximum atomic E-state index is 12.5. The van der Waals surface area contributed by atoms with E-state index in [1.54, 1.807) is 0 Å². The Morgan fingerprint density at radius 1 is 1.30 bits per heavy atom. The second-order valence-electron chi connectivity index (χ2n) is 3.88. The van der Waals surface area contributed by atoms with Crippen molar-refractivity contribution < 1.29 is 27.9 Å². The van der Waals surface area contributed by atoms with Crippen LogP contribution in [0.4, 0.5) is 23.7 Å². The first-order valence-corrected chi connectivity index (χ1v) is 5.65. The van der Waals surface area contributed by atoms with Crippen LogP contribution < -0.4 is 10.6 Å². The Morgan fingerprint density at radius 3 is 2.40 bits per heavy atom. The number of carboxylic acids is 1. The number of nitrogens with one attached hydrogen (secondary N) is 2. The Balaban J connectivity index is 2.85. The highest BCUT2D eigenvalue weighted by molar-refractivity contribution is 6.31. The molecule has 1 aromatic rings. The lowest BCUT2D eigenvalue weighted by Crippen LogP contribution is -2.40. The standard InChI is InChI=1S/C11H10ClF3N2O3/c1-5(9(18)19)16-10(20)17-8-3-6(11(13,14)15)2-7(12)4-8/h2-5H,1H3,(H,18,19)(H2,16,17,20)/t5-/m1/s1. The van der Waals surface area contributed by atoms with Gasteiger partial charge in [0.05, 0.1) is 5.56 Å². The van der Waals surface area contributed by atoms with Gasteiger partial charge in [0.2, 0.25) is 0 Å². The fourth-order valence-electron chi connectivity index (χ4n) is 1.25. The lowest BCUT2D eigenvalue weighted by Gasteiger charge is -2.13. The molecular weight excluding hydrogens is 301 g/mol. The molecule has 0 bridgehead atoms. The molecule has 0 aliphatic rings. The van der Waals surface area contributed by atoms with Crippen molar-refractivity contribution >= 4 is 29.3 Å². The van der Waals surface area contributed by atoms with Gasteiger partial charge in [0, 0.05) is 10.7 Å². The first kappa shape index (κ1) is 16.1. The van der Waals surface area contributed by atoms with Crippen molar-refractivity contribution in [3.63, 3.8) is 0 Å². The lowest BCUT2D eigenvalue weighted by atomic mass is 10.2. The summed E-state index contributed by atoms with van der Waals surface area (Å²) in [6, 6.07) is 0.384. The number of carboxylic acid groups (broad SMARTS) is 1. The number of carbonyl (C=O) groups excluding carboxylic acids is 1. The van der Waals surface area contributed by atoms with Crippen LogP contribution in [0.15, 0.2) is 18.2 Å². The summed E-state index contributed by atoms with van der Waals surface area (Å²) < 4.78 is 37.6. The number of alkyl halides is 3. The molecule has 1 atom stereocenters. The summed E-state index contributed by atoms with van der Waals surface area (Å²) in [5.41, 5.74) is -1.22. The predicted molar refractivity (Wildman–Crippen MR) is 65.7 cm³/mol. The molecule has 1 aromatic carbocycles. The lowest BCUT2D eigenvalue weighted by molar-refractivity contribution is -0.139. The fourth-order valence-corrected chi connectivity index (χ4v) is 1.49. The molecular formula is C11H10ClF3N2O3. The second-order valence-corrected chi connectivity index (χ2v) is 4.32. The van der Waals surface area contributed by atoms with E-state index in [9.17, 15) is 22.8 Å². The van der Waals surface area contributed by atoms with Crippen LogP contribution in [-0.4, -0.2) is 23.1 Å². The van der Waals surface area contributed by atoms with E-state index >= 15 is 0 Å². The summed E-state index contributed by atoms with van der Waals surface area (Å²) in [7, 11) is 0. The molecule has 0 aliphatic carbocycles.